The Morgan fingerprint density at radius 2 is 1.91 bits per heavy atom. The number of nitrogens with one attached hydrogen (secondary N) is 1. The first kappa shape index (κ1) is 15.6. The Morgan fingerprint density at radius 1 is 1.14 bits per heavy atom. The number of hydrogen-bond donors (Lipinski definition) is 1. The van der Waals surface area contributed by atoms with Crippen molar-refractivity contribution in [3.63, 3.8) is 0 Å². The van der Waals surface area contributed by atoms with E-state index < -0.39 is 0 Å². The van der Waals surface area contributed by atoms with E-state index >= 15 is 0 Å². The van der Waals surface area contributed by atoms with E-state index in [9.17, 15) is 0 Å². The summed E-state index contributed by atoms with van der Waals surface area (Å²) in [6.07, 6.45) is 0. The zero-order valence-electron chi connectivity index (χ0n) is 13.5. The van der Waals surface area contributed by atoms with Crippen molar-refractivity contribution in [2.24, 2.45) is 0 Å². The van der Waals surface area contributed by atoms with Crippen molar-refractivity contribution in [2.45, 2.75) is 13.5 Å². The molecule has 122 valence electrons. The van der Waals surface area contributed by atoms with E-state index in [0.29, 0.717) is 6.61 Å². The van der Waals surface area contributed by atoms with E-state index in [1.165, 1.54) is 11.3 Å². The van der Waals surface area contributed by atoms with Crippen molar-refractivity contribution >= 4 is 5.69 Å². The Hall–Kier alpha value is -1.30. The molecule has 2 aliphatic rings. The van der Waals surface area contributed by atoms with Gasteiger partial charge in [-0.2, -0.15) is 0 Å². The van der Waals surface area contributed by atoms with E-state index in [4.69, 9.17) is 9.47 Å². The summed E-state index contributed by atoms with van der Waals surface area (Å²) in [5.74, 6) is 1.02. The lowest BCUT2D eigenvalue weighted by Gasteiger charge is -2.31. The summed E-state index contributed by atoms with van der Waals surface area (Å²) < 4.78 is 11.3. The van der Waals surface area contributed by atoms with Crippen LogP contribution in [-0.4, -0.2) is 64.0 Å². The molecule has 2 saturated heterocycles. The lowest BCUT2D eigenvalue weighted by Crippen LogP contribution is -2.43. The molecule has 0 aliphatic carbocycles. The summed E-state index contributed by atoms with van der Waals surface area (Å²) in [5, 5.41) is 3.40. The first-order valence-electron chi connectivity index (χ1n) is 8.38. The number of anilines is 1. The van der Waals surface area contributed by atoms with E-state index in [1.54, 1.807) is 0 Å². The van der Waals surface area contributed by atoms with Crippen LogP contribution in [0.4, 0.5) is 5.69 Å². The van der Waals surface area contributed by atoms with Crippen LogP contribution < -0.4 is 15.0 Å². The maximum atomic E-state index is 5.91. The van der Waals surface area contributed by atoms with Crippen molar-refractivity contribution in [1.29, 1.82) is 0 Å². The highest BCUT2D eigenvalue weighted by Crippen LogP contribution is 2.30. The topological polar surface area (TPSA) is 37.0 Å². The fourth-order valence-corrected chi connectivity index (χ4v) is 3.11. The van der Waals surface area contributed by atoms with E-state index in [-0.39, 0.29) is 0 Å². The molecule has 0 amide bonds. The van der Waals surface area contributed by atoms with Crippen LogP contribution in [0.5, 0.6) is 5.75 Å². The molecular formula is C17H27N3O2. The number of piperazine rings is 1. The number of ether oxygens (including phenoxy) is 2. The van der Waals surface area contributed by atoms with E-state index in [0.717, 1.165) is 64.8 Å². The number of hydrogen-bond acceptors (Lipinski definition) is 5. The van der Waals surface area contributed by atoms with Crippen molar-refractivity contribution in [3.05, 3.63) is 23.8 Å². The minimum absolute atomic E-state index is 0.708. The molecule has 5 nitrogen and oxygen atoms in total. The minimum atomic E-state index is 0.708. The lowest BCUT2D eigenvalue weighted by atomic mass is 10.1. The predicted molar refractivity (Wildman–Crippen MR) is 88.8 cm³/mol. The van der Waals surface area contributed by atoms with Crippen LogP contribution in [0.3, 0.4) is 0 Å². The van der Waals surface area contributed by atoms with Gasteiger partial charge < -0.3 is 19.7 Å². The third-order valence-electron chi connectivity index (χ3n) is 4.29. The molecule has 1 aromatic carbocycles. The molecule has 0 unspecified atom stereocenters. The van der Waals surface area contributed by atoms with Gasteiger partial charge >= 0.3 is 0 Å². The molecular weight excluding hydrogens is 278 g/mol. The van der Waals surface area contributed by atoms with E-state index in [1.807, 2.05) is 0 Å². The summed E-state index contributed by atoms with van der Waals surface area (Å²) in [4.78, 5) is 4.86. The lowest BCUT2D eigenvalue weighted by molar-refractivity contribution is 0.0341. The minimum Gasteiger partial charge on any atom is -0.492 e. The second-order valence-corrected chi connectivity index (χ2v) is 5.86. The maximum Gasteiger partial charge on any atom is 0.142 e. The molecule has 5 heteroatoms. The van der Waals surface area contributed by atoms with Crippen LogP contribution in [-0.2, 0) is 11.3 Å². The van der Waals surface area contributed by atoms with Gasteiger partial charge in [0.05, 0.1) is 25.5 Å². The van der Waals surface area contributed by atoms with Gasteiger partial charge in [-0.25, -0.2) is 0 Å². The van der Waals surface area contributed by atoms with Crippen molar-refractivity contribution in [1.82, 2.24) is 10.2 Å². The molecule has 2 heterocycles. The van der Waals surface area contributed by atoms with Gasteiger partial charge in [-0.1, -0.05) is 6.07 Å². The quantitative estimate of drug-likeness (QED) is 0.888. The van der Waals surface area contributed by atoms with Gasteiger partial charge in [0, 0.05) is 45.8 Å². The summed E-state index contributed by atoms with van der Waals surface area (Å²) in [6.45, 7) is 11.6. The Bertz CT molecular complexity index is 469. The Labute approximate surface area is 133 Å². The SMILES string of the molecule is CCOc1cc(CN2CCOCC2)ccc1N1CCNCC1. The first-order valence-corrected chi connectivity index (χ1v) is 8.38. The molecule has 3 rings (SSSR count). The smallest absolute Gasteiger partial charge is 0.142 e. The second-order valence-electron chi connectivity index (χ2n) is 5.86. The number of nitrogens with zero attached hydrogens (tertiary/aromatic N) is 2. The zero-order chi connectivity index (χ0) is 15.2. The molecule has 2 fully saturated rings. The van der Waals surface area contributed by atoms with Gasteiger partial charge in [-0.3, -0.25) is 4.90 Å². The number of benzene rings is 1. The van der Waals surface area contributed by atoms with Crippen LogP contribution in [0.2, 0.25) is 0 Å². The fraction of sp³-hybridized carbons (Fsp3) is 0.647. The van der Waals surface area contributed by atoms with Gasteiger partial charge in [0.1, 0.15) is 5.75 Å². The average Bonchev–Trinajstić information content (AvgIpc) is 2.57. The molecule has 0 atom stereocenters. The first-order chi connectivity index (χ1) is 10.9. The molecule has 0 radical (unpaired) electrons. The van der Waals surface area contributed by atoms with Gasteiger partial charge in [0.2, 0.25) is 0 Å². The van der Waals surface area contributed by atoms with Crippen LogP contribution in [0.15, 0.2) is 18.2 Å². The standard InChI is InChI=1S/C17H27N3O2/c1-2-22-17-13-15(14-19-9-11-21-12-10-19)3-4-16(17)20-7-5-18-6-8-20/h3-4,13,18H,2,5-12,14H2,1H3. The molecule has 0 saturated carbocycles. The third kappa shape index (κ3) is 3.91. The van der Waals surface area contributed by atoms with Crippen LogP contribution in [0, 0.1) is 0 Å². The summed E-state index contributed by atoms with van der Waals surface area (Å²) in [6, 6.07) is 6.69. The van der Waals surface area contributed by atoms with Gasteiger partial charge in [0.15, 0.2) is 0 Å². The van der Waals surface area contributed by atoms with Crippen LogP contribution >= 0.6 is 0 Å². The molecule has 22 heavy (non-hydrogen) atoms. The Morgan fingerprint density at radius 3 is 2.64 bits per heavy atom. The molecule has 0 aromatic heterocycles. The largest absolute Gasteiger partial charge is 0.492 e. The van der Waals surface area contributed by atoms with Crippen molar-refractivity contribution in [2.75, 3.05) is 64.0 Å². The van der Waals surface area contributed by atoms with Crippen molar-refractivity contribution < 1.29 is 9.47 Å². The Balaban J connectivity index is 1.73. The van der Waals surface area contributed by atoms with Crippen LogP contribution in [0.25, 0.3) is 0 Å². The third-order valence-corrected chi connectivity index (χ3v) is 4.29. The molecule has 0 spiro atoms. The summed E-state index contributed by atoms with van der Waals surface area (Å²) in [7, 11) is 0. The predicted octanol–water partition coefficient (Wildman–Crippen LogP) is 1.33. The number of rotatable bonds is 5. The monoisotopic (exact) mass is 305 g/mol. The maximum absolute atomic E-state index is 5.91. The fourth-order valence-electron chi connectivity index (χ4n) is 3.11. The van der Waals surface area contributed by atoms with E-state index in [2.05, 4.69) is 40.2 Å². The summed E-state index contributed by atoms with van der Waals surface area (Å²) in [5.41, 5.74) is 2.55. The average molecular weight is 305 g/mol. The molecule has 2 aliphatic heterocycles. The van der Waals surface area contributed by atoms with Gasteiger partial charge in [-0.15, -0.1) is 0 Å². The van der Waals surface area contributed by atoms with Gasteiger partial charge in [0.25, 0.3) is 0 Å². The van der Waals surface area contributed by atoms with Crippen LogP contribution in [0.1, 0.15) is 12.5 Å². The zero-order valence-corrected chi connectivity index (χ0v) is 13.5. The second kappa shape index (κ2) is 7.81. The van der Waals surface area contributed by atoms with Gasteiger partial charge in [-0.05, 0) is 24.6 Å². The molecule has 1 aromatic rings. The molecule has 1 N–H and O–H groups in total. The number of morpholine rings is 1. The molecule has 0 bridgehead atoms. The highest BCUT2D eigenvalue weighted by Gasteiger charge is 2.17. The highest BCUT2D eigenvalue weighted by atomic mass is 16.5. The highest BCUT2D eigenvalue weighted by molar-refractivity contribution is 5.60. The van der Waals surface area contributed by atoms with Crippen molar-refractivity contribution in [3.8, 4) is 5.75 Å². The Kier molecular flexibility index (Phi) is 5.53. The summed E-state index contributed by atoms with van der Waals surface area (Å²) >= 11 is 0. The normalized spacial score (nSPS) is 20.1.